The molecule has 3 amide bonds. The maximum atomic E-state index is 14.2. The first kappa shape index (κ1) is 28.7. The van der Waals surface area contributed by atoms with Crippen LogP contribution in [0.2, 0.25) is 0 Å². The monoisotopic (exact) mass is 545 g/mol. The fourth-order valence-electron chi connectivity index (χ4n) is 7.31. The Hall–Kier alpha value is -2.86. The van der Waals surface area contributed by atoms with Gasteiger partial charge in [0, 0.05) is 6.54 Å². The highest BCUT2D eigenvalue weighted by molar-refractivity contribution is 5.94. The molecular formula is C34H47N3O3. The van der Waals surface area contributed by atoms with Gasteiger partial charge in [0.25, 0.3) is 5.91 Å². The van der Waals surface area contributed by atoms with Crippen LogP contribution in [-0.2, 0) is 36.8 Å². The molecule has 5 rings (SSSR count). The van der Waals surface area contributed by atoms with Gasteiger partial charge in [-0.05, 0) is 75.2 Å². The van der Waals surface area contributed by atoms with E-state index in [2.05, 4.69) is 66.8 Å². The van der Waals surface area contributed by atoms with Crippen molar-refractivity contribution in [2.45, 2.75) is 108 Å². The van der Waals surface area contributed by atoms with Crippen molar-refractivity contribution in [2.24, 2.45) is 5.73 Å². The van der Waals surface area contributed by atoms with Gasteiger partial charge in [-0.2, -0.15) is 0 Å². The summed E-state index contributed by atoms with van der Waals surface area (Å²) in [7, 11) is 0. The van der Waals surface area contributed by atoms with Crippen molar-refractivity contribution in [3.05, 3.63) is 64.2 Å². The second kappa shape index (κ2) is 9.34. The zero-order valence-corrected chi connectivity index (χ0v) is 25.7. The number of amides is 3. The van der Waals surface area contributed by atoms with Crippen LogP contribution in [0.25, 0.3) is 0 Å². The van der Waals surface area contributed by atoms with E-state index in [-0.39, 0.29) is 40.8 Å². The first-order valence-corrected chi connectivity index (χ1v) is 14.8. The molecule has 1 fully saturated rings. The van der Waals surface area contributed by atoms with Crippen molar-refractivity contribution < 1.29 is 14.3 Å². The van der Waals surface area contributed by atoms with Crippen molar-refractivity contribution in [2.75, 3.05) is 25.0 Å². The number of rotatable bonds is 3. The highest BCUT2D eigenvalue weighted by Gasteiger charge is 2.48. The number of anilines is 1. The van der Waals surface area contributed by atoms with E-state index >= 15 is 0 Å². The lowest BCUT2D eigenvalue weighted by Gasteiger charge is -2.49. The van der Waals surface area contributed by atoms with Gasteiger partial charge in [-0.15, -0.1) is 0 Å². The minimum Gasteiger partial charge on any atom is -0.367 e. The Balaban J connectivity index is 1.64. The summed E-state index contributed by atoms with van der Waals surface area (Å²) in [5.41, 5.74) is 11.3. The van der Waals surface area contributed by atoms with Gasteiger partial charge in [0.2, 0.25) is 0 Å². The number of fused-ring (bicyclic) bond motifs is 2. The van der Waals surface area contributed by atoms with Crippen molar-refractivity contribution in [1.29, 1.82) is 0 Å². The summed E-state index contributed by atoms with van der Waals surface area (Å²) in [4.78, 5) is 28.8. The molecule has 0 aromatic heterocycles. The molecule has 1 unspecified atom stereocenters. The van der Waals surface area contributed by atoms with Gasteiger partial charge in [0.15, 0.2) is 5.60 Å². The fourth-order valence-corrected chi connectivity index (χ4v) is 7.31. The van der Waals surface area contributed by atoms with Gasteiger partial charge >= 0.3 is 6.03 Å². The molecule has 3 N–H and O–H groups in total. The quantitative estimate of drug-likeness (QED) is 0.454. The van der Waals surface area contributed by atoms with E-state index in [0.29, 0.717) is 12.1 Å². The number of hydrogen-bond donors (Lipinski definition) is 2. The van der Waals surface area contributed by atoms with Gasteiger partial charge in [-0.1, -0.05) is 91.8 Å². The summed E-state index contributed by atoms with van der Waals surface area (Å²) in [5, 5.41) is 3.46. The minimum absolute atomic E-state index is 0.00439. The Morgan fingerprint density at radius 1 is 0.800 bits per heavy atom. The topological polar surface area (TPSA) is 84.7 Å². The number of carbonyl (C=O) groups is 2. The maximum Gasteiger partial charge on any atom is 0.322 e. The number of carbonyl (C=O) groups excluding carboxylic acids is 2. The number of primary amides is 1. The number of ether oxygens (including phenoxy) is 1. The summed E-state index contributed by atoms with van der Waals surface area (Å²) in [6.07, 6.45) is 4.30. The second-order valence-electron chi connectivity index (χ2n) is 14.9. The number of nitrogens with one attached hydrogen (secondary N) is 1. The summed E-state index contributed by atoms with van der Waals surface area (Å²) in [6.45, 7) is 19.3. The lowest BCUT2D eigenvalue weighted by atomic mass is 9.56. The van der Waals surface area contributed by atoms with Gasteiger partial charge < -0.3 is 20.7 Å². The molecule has 1 aliphatic heterocycles. The van der Waals surface area contributed by atoms with Gasteiger partial charge in [0.1, 0.15) is 0 Å². The average Bonchev–Trinajstić information content (AvgIpc) is 2.89. The molecule has 2 aromatic carbocycles. The van der Waals surface area contributed by atoms with E-state index in [1.165, 1.54) is 22.3 Å². The van der Waals surface area contributed by atoms with Gasteiger partial charge in [0.05, 0.1) is 18.8 Å². The number of benzene rings is 2. The van der Waals surface area contributed by atoms with Crippen molar-refractivity contribution in [3.63, 3.8) is 0 Å². The largest absolute Gasteiger partial charge is 0.367 e. The first-order valence-electron chi connectivity index (χ1n) is 14.8. The van der Waals surface area contributed by atoms with Crippen LogP contribution in [0.1, 0.15) is 109 Å². The molecule has 1 heterocycles. The molecule has 0 bridgehead atoms. The third-order valence-electron chi connectivity index (χ3n) is 10.2. The van der Waals surface area contributed by atoms with Crippen LogP contribution in [0, 0.1) is 0 Å². The average molecular weight is 546 g/mol. The van der Waals surface area contributed by atoms with Crippen LogP contribution in [-0.4, -0.2) is 36.5 Å². The number of urea groups is 1. The van der Waals surface area contributed by atoms with Crippen LogP contribution in [0.5, 0.6) is 0 Å². The predicted molar refractivity (Wildman–Crippen MR) is 161 cm³/mol. The van der Waals surface area contributed by atoms with E-state index in [1.54, 1.807) is 4.90 Å². The van der Waals surface area contributed by atoms with Crippen LogP contribution in [0.3, 0.4) is 0 Å². The highest BCUT2D eigenvalue weighted by Crippen LogP contribution is 2.56. The molecular weight excluding hydrogens is 498 g/mol. The lowest BCUT2D eigenvalue weighted by Crippen LogP contribution is -2.58. The molecule has 2 aromatic rings. The Kier molecular flexibility index (Phi) is 6.69. The van der Waals surface area contributed by atoms with Crippen LogP contribution in [0.4, 0.5) is 10.5 Å². The zero-order valence-electron chi connectivity index (χ0n) is 25.7. The van der Waals surface area contributed by atoms with E-state index < -0.39 is 11.5 Å². The molecule has 6 heteroatoms. The molecule has 0 radical (unpaired) electrons. The Labute approximate surface area is 240 Å². The van der Waals surface area contributed by atoms with E-state index in [9.17, 15) is 9.59 Å². The van der Waals surface area contributed by atoms with Crippen LogP contribution in [0.15, 0.2) is 36.4 Å². The van der Waals surface area contributed by atoms with E-state index in [1.807, 2.05) is 30.3 Å². The van der Waals surface area contributed by atoms with Crippen LogP contribution < -0.4 is 11.1 Å². The summed E-state index contributed by atoms with van der Waals surface area (Å²) < 4.78 is 6.05. The Morgan fingerprint density at radius 2 is 1.30 bits per heavy atom. The Morgan fingerprint density at radius 3 is 1.80 bits per heavy atom. The highest BCUT2D eigenvalue weighted by atomic mass is 16.5. The normalized spacial score (nSPS) is 25.9. The standard InChI is InChI=1S/C34H47N3O3/c1-30(2)14-16-32(5,6)25-23(30)20-24-26(33(7,8)17-15-31(24,3)4)27(25)36-29(39)37-18-19-40-34(21-37,28(35)38)22-12-10-9-11-13-22/h9-13,20H,14-19,21H2,1-8H3,(H2,35,38)(H,36,39). The number of nitrogens with two attached hydrogens (primary N) is 1. The Bertz CT molecular complexity index is 1290. The smallest absolute Gasteiger partial charge is 0.322 e. The third-order valence-corrected chi connectivity index (χ3v) is 10.2. The van der Waals surface area contributed by atoms with Crippen molar-refractivity contribution in [3.8, 4) is 0 Å². The molecule has 40 heavy (non-hydrogen) atoms. The third kappa shape index (κ3) is 4.52. The van der Waals surface area contributed by atoms with Gasteiger partial charge in [-0.25, -0.2) is 4.79 Å². The first-order chi connectivity index (χ1) is 18.5. The van der Waals surface area contributed by atoms with E-state index in [4.69, 9.17) is 10.5 Å². The molecule has 0 saturated carbocycles. The van der Waals surface area contributed by atoms with Gasteiger partial charge in [-0.3, -0.25) is 4.79 Å². The van der Waals surface area contributed by atoms with Crippen molar-refractivity contribution in [1.82, 2.24) is 4.90 Å². The molecule has 0 spiro atoms. The zero-order chi connectivity index (χ0) is 29.3. The summed E-state index contributed by atoms with van der Waals surface area (Å²) in [6, 6.07) is 11.6. The lowest BCUT2D eigenvalue weighted by molar-refractivity contribution is -0.155. The molecule has 1 atom stereocenters. The summed E-state index contributed by atoms with van der Waals surface area (Å²) in [5.74, 6) is -0.587. The molecule has 216 valence electrons. The molecule has 6 nitrogen and oxygen atoms in total. The number of nitrogens with zero attached hydrogens (tertiary/aromatic N) is 1. The van der Waals surface area contributed by atoms with Crippen LogP contribution >= 0.6 is 0 Å². The predicted octanol–water partition coefficient (Wildman–Crippen LogP) is 6.63. The van der Waals surface area contributed by atoms with Crippen molar-refractivity contribution >= 4 is 17.6 Å². The minimum atomic E-state index is -1.38. The molecule has 3 aliphatic rings. The fraction of sp³-hybridized carbons (Fsp3) is 0.588. The van der Waals surface area contributed by atoms with E-state index in [0.717, 1.165) is 31.4 Å². The SMILES string of the molecule is CC1(C)CCC(C)(C)c2c1cc1c(c2NC(=O)N2CCOC(C(N)=O)(c3ccccc3)C2)C(C)(C)CCC1(C)C. The maximum absolute atomic E-state index is 14.2. The molecule has 2 aliphatic carbocycles. The number of hydrogen-bond acceptors (Lipinski definition) is 3. The molecule has 1 saturated heterocycles. The number of morpholine rings is 1. The summed E-state index contributed by atoms with van der Waals surface area (Å²) >= 11 is 0. The second-order valence-corrected chi connectivity index (χ2v) is 14.9.